The lowest BCUT2D eigenvalue weighted by atomic mass is 9.94. The van der Waals surface area contributed by atoms with Crippen LogP contribution in [0.1, 0.15) is 42.3 Å². The molecule has 0 unspecified atom stereocenters. The van der Waals surface area contributed by atoms with E-state index in [0.717, 1.165) is 16.3 Å². The third kappa shape index (κ3) is 3.50. The molecule has 0 saturated heterocycles. The molecule has 0 aliphatic rings. The zero-order chi connectivity index (χ0) is 18.2. The van der Waals surface area contributed by atoms with Crippen LogP contribution >= 0.6 is 0 Å². The molecule has 0 saturated carbocycles. The van der Waals surface area contributed by atoms with Crippen molar-refractivity contribution in [1.29, 1.82) is 0 Å². The fraction of sp³-hybridized carbons (Fsp3) is 0.227. The van der Waals surface area contributed by atoms with Crippen LogP contribution in [0.5, 0.6) is 5.75 Å². The minimum absolute atomic E-state index is 0.00368. The maximum atomic E-state index is 13.1. The molecule has 3 aromatic rings. The van der Waals surface area contributed by atoms with E-state index in [9.17, 15) is 9.90 Å². The first-order valence-electron chi connectivity index (χ1n) is 8.40. The van der Waals surface area contributed by atoms with Crippen molar-refractivity contribution in [2.45, 2.75) is 33.2 Å². The summed E-state index contributed by atoms with van der Waals surface area (Å²) < 4.78 is 0. The Balaban J connectivity index is 2.25. The summed E-state index contributed by atoms with van der Waals surface area (Å²) in [6.45, 7) is 8.08. The highest BCUT2D eigenvalue weighted by atomic mass is 16.3. The Morgan fingerprint density at radius 3 is 2.28 bits per heavy atom. The fourth-order valence-electron chi connectivity index (χ4n) is 2.92. The number of nitrogens with one attached hydrogen (secondary N) is 1. The molecule has 2 N–H and O–H groups in total. The van der Waals surface area contributed by atoms with E-state index < -0.39 is 0 Å². The number of anilines is 1. The maximum absolute atomic E-state index is 13.1. The molecule has 0 aliphatic heterocycles. The monoisotopic (exact) mass is 333 g/mol. The number of aryl methyl sites for hydroxylation is 1. The van der Waals surface area contributed by atoms with Gasteiger partial charge >= 0.3 is 0 Å². The van der Waals surface area contributed by atoms with Crippen LogP contribution in [-0.2, 0) is 0 Å². The summed E-state index contributed by atoms with van der Waals surface area (Å²) in [5, 5.41) is 15.8. The van der Waals surface area contributed by atoms with Crippen molar-refractivity contribution in [2.24, 2.45) is 0 Å². The topological polar surface area (TPSA) is 49.3 Å². The Morgan fingerprint density at radius 2 is 1.64 bits per heavy atom. The quantitative estimate of drug-likeness (QED) is 0.640. The zero-order valence-electron chi connectivity index (χ0n) is 15.1. The first-order valence-corrected chi connectivity index (χ1v) is 8.40. The van der Waals surface area contributed by atoms with E-state index >= 15 is 0 Å². The smallest absolute Gasteiger partial charge is 0.198 e. The number of aromatic hydroxyl groups is 1. The normalized spacial score (nSPS) is 11.5. The zero-order valence-corrected chi connectivity index (χ0v) is 15.1. The molecule has 0 atom stereocenters. The molecule has 0 aliphatic carbocycles. The number of carbonyl (C=O) groups excluding carboxylic acids is 1. The second kappa shape index (κ2) is 6.25. The first kappa shape index (κ1) is 17.0. The molecule has 3 rings (SSSR count). The van der Waals surface area contributed by atoms with Gasteiger partial charge < -0.3 is 10.4 Å². The van der Waals surface area contributed by atoms with Gasteiger partial charge in [-0.05, 0) is 39.1 Å². The number of phenols is 1. The summed E-state index contributed by atoms with van der Waals surface area (Å²) in [4.78, 5) is 13.1. The lowest BCUT2D eigenvalue weighted by molar-refractivity contribution is 0.103. The number of rotatable bonds is 3. The van der Waals surface area contributed by atoms with Gasteiger partial charge in [-0.3, -0.25) is 4.79 Å². The molecule has 3 aromatic carbocycles. The molecule has 0 radical (unpaired) electrons. The van der Waals surface area contributed by atoms with Crippen LogP contribution < -0.4 is 5.32 Å². The third-order valence-electron chi connectivity index (χ3n) is 4.07. The lowest BCUT2D eigenvalue weighted by Crippen LogP contribution is -2.27. The van der Waals surface area contributed by atoms with Gasteiger partial charge in [-0.15, -0.1) is 0 Å². The van der Waals surface area contributed by atoms with E-state index in [4.69, 9.17) is 0 Å². The highest BCUT2D eigenvalue weighted by Gasteiger charge is 2.23. The Morgan fingerprint density at radius 1 is 1.00 bits per heavy atom. The Labute approximate surface area is 148 Å². The molecule has 0 spiro atoms. The summed E-state index contributed by atoms with van der Waals surface area (Å²) in [7, 11) is 0. The van der Waals surface area contributed by atoms with Crippen molar-refractivity contribution < 1.29 is 9.90 Å². The van der Waals surface area contributed by atoms with Crippen LogP contribution in [0.4, 0.5) is 5.69 Å². The number of benzene rings is 3. The van der Waals surface area contributed by atoms with Crippen molar-refractivity contribution in [3.63, 3.8) is 0 Å². The SMILES string of the molecule is Cc1ccc(C(=O)c2c(O)cc3ccccc3c2NC(C)(C)C)cc1. The predicted octanol–water partition coefficient (Wildman–Crippen LogP) is 5.30. The van der Waals surface area contributed by atoms with E-state index in [0.29, 0.717) is 16.8 Å². The average molecular weight is 333 g/mol. The van der Waals surface area contributed by atoms with Crippen LogP contribution in [0.25, 0.3) is 10.8 Å². The van der Waals surface area contributed by atoms with E-state index in [1.54, 1.807) is 18.2 Å². The summed E-state index contributed by atoms with van der Waals surface area (Å²) in [5.41, 5.74) is 2.39. The number of hydrogen-bond donors (Lipinski definition) is 2. The van der Waals surface area contributed by atoms with Gasteiger partial charge in [0.1, 0.15) is 5.75 Å². The number of fused-ring (bicyclic) bond motifs is 1. The minimum Gasteiger partial charge on any atom is -0.507 e. The van der Waals surface area contributed by atoms with Gasteiger partial charge in [0.05, 0.1) is 11.3 Å². The number of phenolic OH excluding ortho intramolecular Hbond substituents is 1. The van der Waals surface area contributed by atoms with Gasteiger partial charge in [-0.2, -0.15) is 0 Å². The molecule has 0 aromatic heterocycles. The highest BCUT2D eigenvalue weighted by molar-refractivity contribution is 6.18. The molecule has 3 heteroatoms. The standard InChI is InChI=1S/C22H23NO2/c1-14-9-11-15(12-10-14)21(25)19-18(24)13-16-7-5-6-8-17(16)20(19)23-22(2,3)4/h5-13,23-24H,1-4H3. The Hall–Kier alpha value is -2.81. The van der Waals surface area contributed by atoms with Crippen molar-refractivity contribution in [2.75, 3.05) is 5.32 Å². The summed E-state index contributed by atoms with van der Waals surface area (Å²) in [6.07, 6.45) is 0. The first-order chi connectivity index (χ1) is 11.8. The molecule has 0 amide bonds. The molecule has 128 valence electrons. The summed E-state index contributed by atoms with van der Waals surface area (Å²) in [5.74, 6) is -0.189. The Kier molecular flexibility index (Phi) is 4.25. The summed E-state index contributed by atoms with van der Waals surface area (Å²) >= 11 is 0. The van der Waals surface area contributed by atoms with Crippen LogP contribution in [0.3, 0.4) is 0 Å². The number of carbonyl (C=O) groups is 1. The fourth-order valence-corrected chi connectivity index (χ4v) is 2.92. The van der Waals surface area contributed by atoms with Gasteiger partial charge in [0.2, 0.25) is 0 Å². The predicted molar refractivity (Wildman–Crippen MR) is 104 cm³/mol. The Bertz CT molecular complexity index is 935. The van der Waals surface area contributed by atoms with Crippen molar-refractivity contribution in [3.05, 3.63) is 71.3 Å². The minimum atomic E-state index is -0.251. The molecule has 0 heterocycles. The largest absolute Gasteiger partial charge is 0.507 e. The number of ketones is 1. The van der Waals surface area contributed by atoms with E-state index in [2.05, 4.69) is 5.32 Å². The molecule has 0 fully saturated rings. The van der Waals surface area contributed by atoms with Crippen LogP contribution in [-0.4, -0.2) is 16.4 Å². The molecule has 25 heavy (non-hydrogen) atoms. The average Bonchev–Trinajstić information content (AvgIpc) is 2.53. The number of hydrogen-bond acceptors (Lipinski definition) is 3. The van der Waals surface area contributed by atoms with E-state index in [1.807, 2.05) is 64.1 Å². The maximum Gasteiger partial charge on any atom is 0.198 e. The van der Waals surface area contributed by atoms with Gasteiger partial charge in [-0.1, -0.05) is 54.1 Å². The van der Waals surface area contributed by atoms with Gasteiger partial charge in [0.25, 0.3) is 0 Å². The molecule has 0 bridgehead atoms. The van der Waals surface area contributed by atoms with E-state index in [1.165, 1.54) is 0 Å². The summed E-state index contributed by atoms with van der Waals surface area (Å²) in [6, 6.07) is 16.8. The van der Waals surface area contributed by atoms with Crippen molar-refractivity contribution in [3.8, 4) is 5.75 Å². The van der Waals surface area contributed by atoms with E-state index in [-0.39, 0.29) is 17.1 Å². The second-order valence-corrected chi connectivity index (χ2v) is 7.44. The van der Waals surface area contributed by atoms with Crippen molar-refractivity contribution >= 4 is 22.2 Å². The van der Waals surface area contributed by atoms with Gasteiger partial charge in [0, 0.05) is 16.5 Å². The third-order valence-corrected chi connectivity index (χ3v) is 4.07. The molecule has 3 nitrogen and oxygen atoms in total. The van der Waals surface area contributed by atoms with Crippen molar-refractivity contribution in [1.82, 2.24) is 0 Å². The van der Waals surface area contributed by atoms with Gasteiger partial charge in [-0.25, -0.2) is 0 Å². The van der Waals surface area contributed by atoms with Gasteiger partial charge in [0.15, 0.2) is 5.78 Å². The second-order valence-electron chi connectivity index (χ2n) is 7.44. The lowest BCUT2D eigenvalue weighted by Gasteiger charge is -2.26. The molecular weight excluding hydrogens is 310 g/mol. The van der Waals surface area contributed by atoms with Crippen LogP contribution in [0.15, 0.2) is 54.6 Å². The molecular formula is C22H23NO2. The van der Waals surface area contributed by atoms with Crippen LogP contribution in [0.2, 0.25) is 0 Å². The highest BCUT2D eigenvalue weighted by Crippen LogP contribution is 2.37. The van der Waals surface area contributed by atoms with Crippen LogP contribution in [0, 0.1) is 6.92 Å².